The van der Waals surface area contributed by atoms with Crippen LogP contribution in [0.1, 0.15) is 26.2 Å². The summed E-state index contributed by atoms with van der Waals surface area (Å²) in [5, 5.41) is 0. The number of nitrogens with two attached hydrogens (primary N) is 1. The fourth-order valence-electron chi connectivity index (χ4n) is 0.658. The van der Waals surface area contributed by atoms with E-state index < -0.39 is 0 Å². The highest BCUT2D eigenvalue weighted by Gasteiger charge is 2.04. The molecule has 0 spiro atoms. The second kappa shape index (κ2) is 6.85. The van der Waals surface area contributed by atoms with E-state index in [2.05, 4.69) is 6.58 Å². The molecule has 0 atom stereocenters. The van der Waals surface area contributed by atoms with Gasteiger partial charge in [-0.1, -0.05) is 13.5 Å². The first-order valence-corrected chi connectivity index (χ1v) is 4.27. The molecule has 0 aliphatic heterocycles. The number of carbonyl (C=O) groups excluding carboxylic acids is 1. The lowest BCUT2D eigenvalue weighted by molar-refractivity contribution is -0.139. The lowest BCUT2D eigenvalue weighted by Crippen LogP contribution is -2.09. The van der Waals surface area contributed by atoms with Crippen LogP contribution in [0.15, 0.2) is 12.2 Å². The van der Waals surface area contributed by atoms with E-state index in [-0.39, 0.29) is 5.97 Å². The van der Waals surface area contributed by atoms with Gasteiger partial charge in [0.2, 0.25) is 0 Å². The zero-order valence-corrected chi connectivity index (χ0v) is 7.64. The maximum Gasteiger partial charge on any atom is 0.333 e. The van der Waals surface area contributed by atoms with Gasteiger partial charge in [0, 0.05) is 5.57 Å². The van der Waals surface area contributed by atoms with Gasteiger partial charge >= 0.3 is 5.97 Å². The third-order valence-corrected chi connectivity index (χ3v) is 1.55. The molecule has 0 radical (unpaired) electrons. The Bertz CT molecular complexity index is 155. The molecule has 0 heterocycles. The van der Waals surface area contributed by atoms with Crippen molar-refractivity contribution in [2.24, 2.45) is 5.73 Å². The van der Waals surface area contributed by atoms with Crippen molar-refractivity contribution in [1.82, 2.24) is 0 Å². The molecule has 0 aliphatic rings. The minimum Gasteiger partial charge on any atom is -0.462 e. The molecule has 0 amide bonds. The largest absolute Gasteiger partial charge is 0.462 e. The van der Waals surface area contributed by atoms with Gasteiger partial charge in [-0.25, -0.2) is 4.79 Å². The molecule has 70 valence electrons. The fourth-order valence-corrected chi connectivity index (χ4v) is 0.658. The average molecular weight is 171 g/mol. The first-order valence-electron chi connectivity index (χ1n) is 4.27. The minimum absolute atomic E-state index is 0.283. The Labute approximate surface area is 73.6 Å². The van der Waals surface area contributed by atoms with Crippen molar-refractivity contribution in [3.05, 3.63) is 12.2 Å². The normalized spacial score (nSPS) is 9.50. The Morgan fingerprint density at radius 2 is 2.17 bits per heavy atom. The van der Waals surface area contributed by atoms with Gasteiger partial charge in [-0.3, -0.25) is 0 Å². The lowest BCUT2D eigenvalue weighted by Gasteiger charge is -2.04. The Balaban J connectivity index is 3.38. The van der Waals surface area contributed by atoms with Crippen molar-refractivity contribution in [1.29, 1.82) is 0 Å². The van der Waals surface area contributed by atoms with Crippen molar-refractivity contribution >= 4 is 5.97 Å². The highest BCUT2D eigenvalue weighted by Crippen LogP contribution is 2.00. The highest BCUT2D eigenvalue weighted by atomic mass is 16.5. The average Bonchev–Trinajstić information content (AvgIpc) is 2.10. The molecule has 0 saturated carbocycles. The van der Waals surface area contributed by atoms with Gasteiger partial charge in [0.25, 0.3) is 0 Å². The predicted octanol–water partition coefficient (Wildman–Crippen LogP) is 1.23. The van der Waals surface area contributed by atoms with Crippen LogP contribution in [0, 0.1) is 0 Å². The smallest absolute Gasteiger partial charge is 0.333 e. The highest BCUT2D eigenvalue weighted by molar-refractivity contribution is 5.87. The molecule has 0 rings (SSSR count). The van der Waals surface area contributed by atoms with E-state index in [1.807, 2.05) is 6.92 Å². The summed E-state index contributed by atoms with van der Waals surface area (Å²) in [6, 6.07) is 0. The molecule has 0 aromatic heterocycles. The summed E-state index contributed by atoms with van der Waals surface area (Å²) >= 11 is 0. The van der Waals surface area contributed by atoms with Crippen LogP contribution in [0.4, 0.5) is 0 Å². The Hall–Kier alpha value is -0.830. The van der Waals surface area contributed by atoms with Gasteiger partial charge in [0.15, 0.2) is 0 Å². The zero-order valence-electron chi connectivity index (χ0n) is 7.64. The molecule has 3 heteroatoms. The standard InChI is InChI=1S/C9H17NO2/c1-3-8(2)9(11)12-7-5-4-6-10/h2-7,10H2,1H3. The quantitative estimate of drug-likeness (QED) is 0.371. The fraction of sp³-hybridized carbons (Fsp3) is 0.667. The molecule has 0 aliphatic carbocycles. The van der Waals surface area contributed by atoms with Crippen LogP contribution in [0.25, 0.3) is 0 Å². The van der Waals surface area contributed by atoms with Gasteiger partial charge in [0.1, 0.15) is 0 Å². The third kappa shape index (κ3) is 4.91. The molecule has 0 bridgehead atoms. The van der Waals surface area contributed by atoms with Crippen LogP contribution in [0.5, 0.6) is 0 Å². The summed E-state index contributed by atoms with van der Waals surface area (Å²) in [5.74, 6) is -0.283. The van der Waals surface area contributed by atoms with E-state index in [1.165, 1.54) is 0 Å². The molecule has 3 nitrogen and oxygen atoms in total. The lowest BCUT2D eigenvalue weighted by atomic mass is 10.2. The van der Waals surface area contributed by atoms with E-state index in [9.17, 15) is 4.79 Å². The van der Waals surface area contributed by atoms with Crippen LogP contribution < -0.4 is 5.73 Å². The second-order valence-corrected chi connectivity index (χ2v) is 2.59. The molecule has 0 aromatic rings. The zero-order chi connectivity index (χ0) is 9.40. The number of carbonyl (C=O) groups is 1. The first kappa shape index (κ1) is 11.2. The van der Waals surface area contributed by atoms with Gasteiger partial charge < -0.3 is 10.5 Å². The molecule has 0 unspecified atom stereocenters. The van der Waals surface area contributed by atoms with Crippen LogP contribution in [-0.2, 0) is 9.53 Å². The summed E-state index contributed by atoms with van der Waals surface area (Å²) < 4.78 is 4.90. The molecule has 0 fully saturated rings. The van der Waals surface area contributed by atoms with Gasteiger partial charge in [-0.05, 0) is 25.8 Å². The molecular weight excluding hydrogens is 154 g/mol. The molecule has 12 heavy (non-hydrogen) atoms. The first-order chi connectivity index (χ1) is 5.72. The minimum atomic E-state index is -0.283. The SMILES string of the molecule is C=C(CC)C(=O)OCCCCN. The van der Waals surface area contributed by atoms with Gasteiger partial charge in [-0.2, -0.15) is 0 Å². The maximum absolute atomic E-state index is 11.0. The summed E-state index contributed by atoms with van der Waals surface area (Å²) in [7, 11) is 0. The summed E-state index contributed by atoms with van der Waals surface area (Å²) in [4.78, 5) is 11.0. The Morgan fingerprint density at radius 3 is 2.67 bits per heavy atom. The topological polar surface area (TPSA) is 52.3 Å². The molecular formula is C9H17NO2. The number of rotatable bonds is 6. The monoisotopic (exact) mass is 171 g/mol. The second-order valence-electron chi connectivity index (χ2n) is 2.59. The van der Waals surface area contributed by atoms with E-state index in [0.717, 1.165) is 12.8 Å². The van der Waals surface area contributed by atoms with Crippen LogP contribution >= 0.6 is 0 Å². The summed E-state index contributed by atoms with van der Waals surface area (Å²) in [5.41, 5.74) is 5.80. The summed E-state index contributed by atoms with van der Waals surface area (Å²) in [6.07, 6.45) is 2.38. The molecule has 0 saturated heterocycles. The Kier molecular flexibility index (Phi) is 6.38. The van der Waals surface area contributed by atoms with Crippen LogP contribution in [0.2, 0.25) is 0 Å². The summed E-state index contributed by atoms with van der Waals surface area (Å²) in [6.45, 7) is 6.55. The van der Waals surface area contributed by atoms with Crippen molar-refractivity contribution in [2.75, 3.05) is 13.2 Å². The van der Waals surface area contributed by atoms with Crippen molar-refractivity contribution in [2.45, 2.75) is 26.2 Å². The van der Waals surface area contributed by atoms with Crippen molar-refractivity contribution in [3.63, 3.8) is 0 Å². The van der Waals surface area contributed by atoms with Gasteiger partial charge in [-0.15, -0.1) is 0 Å². The number of esters is 1. The maximum atomic E-state index is 11.0. The number of hydrogen-bond acceptors (Lipinski definition) is 3. The van der Waals surface area contributed by atoms with Crippen LogP contribution in [0.3, 0.4) is 0 Å². The Morgan fingerprint density at radius 1 is 1.50 bits per heavy atom. The number of hydrogen-bond donors (Lipinski definition) is 1. The van der Waals surface area contributed by atoms with Crippen molar-refractivity contribution < 1.29 is 9.53 Å². The molecule has 2 N–H and O–H groups in total. The van der Waals surface area contributed by atoms with Crippen molar-refractivity contribution in [3.8, 4) is 0 Å². The molecule has 0 aromatic carbocycles. The van der Waals surface area contributed by atoms with E-state index in [4.69, 9.17) is 10.5 Å². The van der Waals surface area contributed by atoms with E-state index in [1.54, 1.807) is 0 Å². The van der Waals surface area contributed by atoms with E-state index in [0.29, 0.717) is 25.1 Å². The van der Waals surface area contributed by atoms with E-state index >= 15 is 0 Å². The number of unbranched alkanes of at least 4 members (excludes halogenated alkanes) is 1. The number of ether oxygens (including phenoxy) is 1. The van der Waals surface area contributed by atoms with Gasteiger partial charge in [0.05, 0.1) is 6.61 Å². The third-order valence-electron chi connectivity index (χ3n) is 1.55. The predicted molar refractivity (Wildman–Crippen MR) is 48.7 cm³/mol. The van der Waals surface area contributed by atoms with Crippen LogP contribution in [-0.4, -0.2) is 19.1 Å².